The van der Waals surface area contributed by atoms with Crippen LogP contribution in [0, 0.1) is 5.82 Å². The first-order valence-electron chi connectivity index (χ1n) is 3.42. The van der Waals surface area contributed by atoms with Crippen molar-refractivity contribution in [2.45, 2.75) is 0 Å². The van der Waals surface area contributed by atoms with Gasteiger partial charge in [-0.25, -0.2) is 4.39 Å². The molecule has 56 valence electrons. The van der Waals surface area contributed by atoms with Crippen LogP contribution in [0.5, 0.6) is 0 Å². The Bertz CT molecular complexity index is 307. The van der Waals surface area contributed by atoms with Crippen molar-refractivity contribution < 1.29 is 4.39 Å². The summed E-state index contributed by atoms with van der Waals surface area (Å²) in [6, 6.07) is 4.53. The van der Waals surface area contributed by atoms with E-state index in [0.717, 1.165) is 12.2 Å². The Morgan fingerprint density at radius 3 is 3.27 bits per heavy atom. The highest BCUT2D eigenvalue weighted by atomic mass is 19.1. The van der Waals surface area contributed by atoms with Gasteiger partial charge in [-0.15, -0.1) is 0 Å². The first kappa shape index (κ1) is 6.34. The molecule has 0 saturated carbocycles. The van der Waals surface area contributed by atoms with Crippen molar-refractivity contribution in [1.29, 1.82) is 0 Å². The molecule has 3 heteroatoms. The summed E-state index contributed by atoms with van der Waals surface area (Å²) >= 11 is 0. The zero-order chi connectivity index (χ0) is 7.68. The molecule has 1 aromatic carbocycles. The second kappa shape index (κ2) is 2.34. The molecule has 0 saturated heterocycles. The number of benzene rings is 1. The summed E-state index contributed by atoms with van der Waals surface area (Å²) in [6.07, 6.45) is 1.72. The number of aliphatic imine (C=N–C) groups is 1. The van der Waals surface area contributed by atoms with Gasteiger partial charge in [0.05, 0.1) is 17.9 Å². The van der Waals surface area contributed by atoms with Gasteiger partial charge >= 0.3 is 0 Å². The zero-order valence-corrected chi connectivity index (χ0v) is 5.84. The average Bonchev–Trinajstić information content (AvgIpc) is 2.04. The summed E-state index contributed by atoms with van der Waals surface area (Å²) in [7, 11) is 0. The van der Waals surface area contributed by atoms with E-state index in [1.165, 1.54) is 12.1 Å². The zero-order valence-electron chi connectivity index (χ0n) is 5.84. The quantitative estimate of drug-likeness (QED) is 0.600. The molecule has 1 N–H and O–H groups in total. The van der Waals surface area contributed by atoms with Gasteiger partial charge < -0.3 is 5.32 Å². The Kier molecular flexibility index (Phi) is 1.35. The summed E-state index contributed by atoms with van der Waals surface area (Å²) in [6.45, 7) is 0.721. The van der Waals surface area contributed by atoms with Gasteiger partial charge in [-0.2, -0.15) is 0 Å². The number of halogens is 1. The Hall–Kier alpha value is -1.38. The molecule has 1 aliphatic rings. The van der Waals surface area contributed by atoms with Crippen molar-refractivity contribution in [3.63, 3.8) is 0 Å². The Labute approximate surface area is 63.8 Å². The first-order valence-corrected chi connectivity index (χ1v) is 3.42. The largest absolute Gasteiger partial charge is 0.378 e. The molecule has 0 aliphatic carbocycles. The van der Waals surface area contributed by atoms with Crippen molar-refractivity contribution in [1.82, 2.24) is 0 Å². The van der Waals surface area contributed by atoms with Crippen molar-refractivity contribution in [3.8, 4) is 0 Å². The van der Waals surface area contributed by atoms with Crippen molar-refractivity contribution >= 4 is 17.6 Å². The third-order valence-corrected chi connectivity index (χ3v) is 1.57. The highest BCUT2D eigenvalue weighted by Crippen LogP contribution is 2.26. The minimum atomic E-state index is -0.246. The Morgan fingerprint density at radius 1 is 1.45 bits per heavy atom. The maximum atomic E-state index is 12.6. The van der Waals surface area contributed by atoms with Gasteiger partial charge in [0, 0.05) is 12.3 Å². The molecule has 0 unspecified atom stereocenters. The minimum Gasteiger partial charge on any atom is -0.378 e. The third-order valence-electron chi connectivity index (χ3n) is 1.57. The molecule has 0 bridgehead atoms. The first-order chi connectivity index (χ1) is 5.36. The van der Waals surface area contributed by atoms with Crippen molar-refractivity contribution in [2.75, 3.05) is 11.9 Å². The fraction of sp³-hybridized carbons (Fsp3) is 0.125. The number of nitrogens with one attached hydrogen (secondary N) is 1. The average molecular weight is 150 g/mol. The summed E-state index contributed by atoms with van der Waals surface area (Å²) in [5, 5.41) is 3.07. The predicted octanol–water partition coefficient (Wildman–Crippen LogP) is 1.95. The van der Waals surface area contributed by atoms with E-state index in [-0.39, 0.29) is 5.82 Å². The SMILES string of the molecule is Fc1ccc2c(c1)N=CCN2. The molecule has 11 heavy (non-hydrogen) atoms. The third kappa shape index (κ3) is 1.09. The van der Waals surface area contributed by atoms with Gasteiger partial charge in [0.1, 0.15) is 5.82 Å². The number of rotatable bonds is 0. The molecule has 0 fully saturated rings. The molecule has 1 aromatic rings. The number of anilines is 1. The monoisotopic (exact) mass is 150 g/mol. The van der Waals surface area contributed by atoms with Gasteiger partial charge in [-0.05, 0) is 12.1 Å². The predicted molar refractivity (Wildman–Crippen MR) is 43.0 cm³/mol. The van der Waals surface area contributed by atoms with Crippen LogP contribution in [0.2, 0.25) is 0 Å². The molecule has 0 radical (unpaired) electrons. The van der Waals surface area contributed by atoms with E-state index in [1.54, 1.807) is 12.3 Å². The van der Waals surface area contributed by atoms with Crippen LogP contribution in [0.25, 0.3) is 0 Å². The molecule has 0 spiro atoms. The highest BCUT2D eigenvalue weighted by Gasteiger charge is 2.04. The maximum absolute atomic E-state index is 12.6. The summed E-state index contributed by atoms with van der Waals surface area (Å²) in [4.78, 5) is 4.03. The number of hydrogen-bond acceptors (Lipinski definition) is 2. The lowest BCUT2D eigenvalue weighted by molar-refractivity contribution is 0.628. The van der Waals surface area contributed by atoms with Crippen LogP contribution in [0.15, 0.2) is 23.2 Å². The standard InChI is InChI=1S/C8H7FN2/c9-6-1-2-7-8(5-6)11-4-3-10-7/h1-2,4-5,10H,3H2. The van der Waals surface area contributed by atoms with E-state index in [1.807, 2.05) is 0 Å². The molecule has 0 atom stereocenters. The van der Waals surface area contributed by atoms with Crippen LogP contribution in [0.1, 0.15) is 0 Å². The van der Waals surface area contributed by atoms with Crippen LogP contribution in [0.3, 0.4) is 0 Å². The maximum Gasteiger partial charge on any atom is 0.125 e. The van der Waals surface area contributed by atoms with Gasteiger partial charge in [-0.1, -0.05) is 0 Å². The van der Waals surface area contributed by atoms with Gasteiger partial charge in [0.15, 0.2) is 0 Å². The number of hydrogen-bond donors (Lipinski definition) is 1. The van der Waals surface area contributed by atoms with E-state index >= 15 is 0 Å². The van der Waals surface area contributed by atoms with Crippen LogP contribution < -0.4 is 5.32 Å². The fourth-order valence-electron chi connectivity index (χ4n) is 1.06. The molecule has 0 aromatic heterocycles. The van der Waals surface area contributed by atoms with Crippen LogP contribution in [-0.4, -0.2) is 12.8 Å². The Balaban J connectivity index is 2.54. The number of nitrogens with zero attached hydrogens (tertiary/aromatic N) is 1. The van der Waals surface area contributed by atoms with Crippen LogP contribution in [-0.2, 0) is 0 Å². The van der Waals surface area contributed by atoms with Crippen LogP contribution >= 0.6 is 0 Å². The summed E-state index contributed by atoms with van der Waals surface area (Å²) in [5.41, 5.74) is 1.57. The smallest absolute Gasteiger partial charge is 0.125 e. The van der Waals surface area contributed by atoms with Crippen LogP contribution in [0.4, 0.5) is 15.8 Å². The van der Waals surface area contributed by atoms with Gasteiger partial charge in [0.25, 0.3) is 0 Å². The van der Waals surface area contributed by atoms with Gasteiger partial charge in [0.2, 0.25) is 0 Å². The summed E-state index contributed by atoms with van der Waals surface area (Å²) < 4.78 is 12.6. The fourth-order valence-corrected chi connectivity index (χ4v) is 1.06. The lowest BCUT2D eigenvalue weighted by Crippen LogP contribution is -2.06. The van der Waals surface area contributed by atoms with E-state index in [0.29, 0.717) is 5.69 Å². The van der Waals surface area contributed by atoms with Crippen molar-refractivity contribution in [2.24, 2.45) is 4.99 Å². The minimum absolute atomic E-state index is 0.246. The topological polar surface area (TPSA) is 24.4 Å². The molecule has 1 heterocycles. The highest BCUT2D eigenvalue weighted by molar-refractivity contribution is 5.80. The molecular formula is C8H7FN2. The molecule has 2 nitrogen and oxygen atoms in total. The van der Waals surface area contributed by atoms with E-state index in [4.69, 9.17) is 0 Å². The molecular weight excluding hydrogens is 143 g/mol. The number of fused-ring (bicyclic) bond motifs is 1. The van der Waals surface area contributed by atoms with E-state index in [2.05, 4.69) is 10.3 Å². The van der Waals surface area contributed by atoms with Gasteiger partial charge in [-0.3, -0.25) is 4.99 Å². The lowest BCUT2D eigenvalue weighted by Gasteiger charge is -2.10. The summed E-state index contributed by atoms with van der Waals surface area (Å²) in [5.74, 6) is -0.246. The normalized spacial score (nSPS) is 13.9. The molecule has 0 amide bonds. The van der Waals surface area contributed by atoms with E-state index < -0.39 is 0 Å². The second-order valence-electron chi connectivity index (χ2n) is 2.35. The molecule has 2 rings (SSSR count). The van der Waals surface area contributed by atoms with E-state index in [9.17, 15) is 4.39 Å². The Morgan fingerprint density at radius 2 is 2.36 bits per heavy atom. The second-order valence-corrected chi connectivity index (χ2v) is 2.35. The van der Waals surface area contributed by atoms with Crippen molar-refractivity contribution in [3.05, 3.63) is 24.0 Å². The molecule has 1 aliphatic heterocycles. The lowest BCUT2D eigenvalue weighted by atomic mass is 10.2.